The summed E-state index contributed by atoms with van der Waals surface area (Å²) in [6, 6.07) is 8.56. The number of likely N-dealkylation sites (tertiary alicyclic amines) is 1. The Hall–Kier alpha value is -2.18. The van der Waals surface area contributed by atoms with Gasteiger partial charge in [0.15, 0.2) is 5.76 Å². The quantitative estimate of drug-likeness (QED) is 0.857. The first kappa shape index (κ1) is 18.6. The summed E-state index contributed by atoms with van der Waals surface area (Å²) < 4.78 is 5.94. The van der Waals surface area contributed by atoms with Gasteiger partial charge in [-0.25, -0.2) is 4.98 Å². The number of likely N-dealkylation sites (N-methyl/N-ethyl adjacent to an activating group) is 1. The molecular formula is C20H27N3O3. The van der Waals surface area contributed by atoms with E-state index in [2.05, 4.69) is 41.1 Å². The Balaban J connectivity index is 1.56. The molecule has 0 saturated carbocycles. The molecule has 1 N–H and O–H groups in total. The van der Waals surface area contributed by atoms with Crippen molar-refractivity contribution >= 4 is 5.97 Å². The SMILES string of the molecule is Cc1ccc(-c2cnc(CN3CCCC(N(C)CC(=O)O)CC3)o2)cc1. The number of aliphatic carboxylic acids is 1. The maximum Gasteiger partial charge on any atom is 0.317 e. The molecule has 2 aromatic rings. The molecule has 2 heterocycles. The smallest absolute Gasteiger partial charge is 0.317 e. The van der Waals surface area contributed by atoms with E-state index in [0.717, 1.165) is 49.6 Å². The molecule has 1 aromatic carbocycles. The number of aromatic nitrogens is 1. The fourth-order valence-electron chi connectivity index (χ4n) is 3.51. The normalized spacial score (nSPS) is 18.8. The second-order valence-electron chi connectivity index (χ2n) is 7.15. The number of benzene rings is 1. The van der Waals surface area contributed by atoms with Crippen molar-refractivity contribution < 1.29 is 14.3 Å². The molecule has 6 nitrogen and oxygen atoms in total. The average Bonchev–Trinajstić information content (AvgIpc) is 2.93. The van der Waals surface area contributed by atoms with Crippen LogP contribution in [0.5, 0.6) is 0 Å². The first-order chi connectivity index (χ1) is 12.5. The van der Waals surface area contributed by atoms with Crippen LogP contribution in [0, 0.1) is 6.92 Å². The molecule has 3 rings (SSSR count). The molecule has 0 bridgehead atoms. The third-order valence-electron chi connectivity index (χ3n) is 5.05. The summed E-state index contributed by atoms with van der Waals surface area (Å²) in [5.74, 6) is 0.767. The number of carbonyl (C=O) groups is 1. The van der Waals surface area contributed by atoms with Crippen LogP contribution in [0.15, 0.2) is 34.9 Å². The van der Waals surface area contributed by atoms with Gasteiger partial charge in [-0.15, -0.1) is 0 Å². The summed E-state index contributed by atoms with van der Waals surface area (Å²) in [7, 11) is 1.90. The predicted octanol–water partition coefficient (Wildman–Crippen LogP) is 3.02. The second kappa shape index (κ2) is 8.47. The van der Waals surface area contributed by atoms with Gasteiger partial charge in [0.1, 0.15) is 0 Å². The van der Waals surface area contributed by atoms with Gasteiger partial charge in [-0.1, -0.05) is 29.8 Å². The summed E-state index contributed by atoms with van der Waals surface area (Å²) in [5, 5.41) is 8.97. The molecule has 26 heavy (non-hydrogen) atoms. The molecular weight excluding hydrogens is 330 g/mol. The van der Waals surface area contributed by atoms with Crippen LogP contribution in [0.2, 0.25) is 0 Å². The molecule has 0 spiro atoms. The highest BCUT2D eigenvalue weighted by Gasteiger charge is 2.22. The van der Waals surface area contributed by atoms with E-state index >= 15 is 0 Å². The molecule has 0 aliphatic carbocycles. The Morgan fingerprint density at radius 3 is 2.81 bits per heavy atom. The zero-order valence-electron chi connectivity index (χ0n) is 15.5. The second-order valence-corrected chi connectivity index (χ2v) is 7.15. The third kappa shape index (κ3) is 4.93. The van der Waals surface area contributed by atoms with Crippen LogP contribution in [0.25, 0.3) is 11.3 Å². The molecule has 1 aromatic heterocycles. The van der Waals surface area contributed by atoms with Crippen molar-refractivity contribution in [1.29, 1.82) is 0 Å². The van der Waals surface area contributed by atoms with E-state index in [9.17, 15) is 4.79 Å². The Morgan fingerprint density at radius 2 is 2.08 bits per heavy atom. The Morgan fingerprint density at radius 1 is 1.31 bits per heavy atom. The van der Waals surface area contributed by atoms with Crippen molar-refractivity contribution in [2.75, 3.05) is 26.7 Å². The van der Waals surface area contributed by atoms with Gasteiger partial charge in [0.05, 0.1) is 19.3 Å². The van der Waals surface area contributed by atoms with Crippen molar-refractivity contribution in [3.63, 3.8) is 0 Å². The lowest BCUT2D eigenvalue weighted by atomic mass is 10.1. The van der Waals surface area contributed by atoms with Gasteiger partial charge < -0.3 is 9.52 Å². The molecule has 6 heteroatoms. The maximum absolute atomic E-state index is 10.9. The molecule has 1 saturated heterocycles. The third-order valence-corrected chi connectivity index (χ3v) is 5.05. The van der Waals surface area contributed by atoms with Crippen LogP contribution in [0.3, 0.4) is 0 Å². The zero-order valence-corrected chi connectivity index (χ0v) is 15.5. The summed E-state index contributed by atoms with van der Waals surface area (Å²) in [5.41, 5.74) is 2.26. The number of aryl methyl sites for hydroxylation is 1. The van der Waals surface area contributed by atoms with E-state index in [1.165, 1.54) is 5.56 Å². The van der Waals surface area contributed by atoms with Gasteiger partial charge in [-0.3, -0.25) is 14.6 Å². The van der Waals surface area contributed by atoms with E-state index in [1.807, 2.05) is 11.9 Å². The standard InChI is InChI=1S/C20H27N3O3/c1-15-5-7-16(8-6-15)18-12-21-19(26-18)13-23-10-3-4-17(9-11-23)22(2)14-20(24)25/h5-8,12,17H,3-4,9-11,13-14H2,1-2H3,(H,24,25). The molecule has 0 radical (unpaired) electrons. The minimum atomic E-state index is -0.767. The molecule has 1 aliphatic heterocycles. The number of carboxylic acids is 1. The lowest BCUT2D eigenvalue weighted by molar-refractivity contribution is -0.138. The lowest BCUT2D eigenvalue weighted by Crippen LogP contribution is -2.36. The highest BCUT2D eigenvalue weighted by Crippen LogP contribution is 2.22. The van der Waals surface area contributed by atoms with Gasteiger partial charge in [0, 0.05) is 18.2 Å². The van der Waals surface area contributed by atoms with Crippen LogP contribution >= 0.6 is 0 Å². The van der Waals surface area contributed by atoms with Gasteiger partial charge in [0.2, 0.25) is 5.89 Å². The Bertz CT molecular complexity index is 726. The number of carboxylic acid groups (broad SMARTS) is 1. The fraction of sp³-hybridized carbons (Fsp3) is 0.500. The minimum absolute atomic E-state index is 0.102. The van der Waals surface area contributed by atoms with Crippen LogP contribution in [0.1, 0.15) is 30.7 Å². The summed E-state index contributed by atoms with van der Waals surface area (Å²) in [6.07, 6.45) is 4.84. The van der Waals surface area contributed by atoms with Crippen molar-refractivity contribution in [3.8, 4) is 11.3 Å². The first-order valence-electron chi connectivity index (χ1n) is 9.17. The highest BCUT2D eigenvalue weighted by molar-refractivity contribution is 5.69. The minimum Gasteiger partial charge on any atom is -0.480 e. The molecule has 0 amide bonds. The van der Waals surface area contributed by atoms with E-state index < -0.39 is 5.97 Å². The van der Waals surface area contributed by atoms with Gasteiger partial charge in [-0.2, -0.15) is 0 Å². The summed E-state index contributed by atoms with van der Waals surface area (Å²) >= 11 is 0. The van der Waals surface area contributed by atoms with Crippen LogP contribution < -0.4 is 0 Å². The topological polar surface area (TPSA) is 69.8 Å². The Kier molecular flexibility index (Phi) is 6.06. The maximum atomic E-state index is 10.9. The molecule has 1 aliphatic rings. The molecule has 1 unspecified atom stereocenters. The van der Waals surface area contributed by atoms with Gasteiger partial charge >= 0.3 is 5.97 Å². The number of rotatable bonds is 6. The van der Waals surface area contributed by atoms with Crippen molar-refractivity contribution in [1.82, 2.24) is 14.8 Å². The first-order valence-corrected chi connectivity index (χ1v) is 9.17. The summed E-state index contributed by atoms with van der Waals surface area (Å²) in [6.45, 7) is 4.78. The van der Waals surface area contributed by atoms with Crippen LogP contribution in [0.4, 0.5) is 0 Å². The van der Waals surface area contributed by atoms with E-state index in [-0.39, 0.29) is 6.54 Å². The monoisotopic (exact) mass is 357 g/mol. The van der Waals surface area contributed by atoms with E-state index in [1.54, 1.807) is 6.20 Å². The number of hydrogen-bond acceptors (Lipinski definition) is 5. The zero-order chi connectivity index (χ0) is 18.5. The van der Waals surface area contributed by atoms with Crippen LogP contribution in [-0.2, 0) is 11.3 Å². The largest absolute Gasteiger partial charge is 0.480 e. The van der Waals surface area contributed by atoms with Gasteiger partial charge in [0.25, 0.3) is 0 Å². The van der Waals surface area contributed by atoms with Gasteiger partial charge in [-0.05, 0) is 39.8 Å². The molecule has 1 fully saturated rings. The van der Waals surface area contributed by atoms with Crippen LogP contribution in [-0.4, -0.2) is 58.6 Å². The number of oxazole rings is 1. The lowest BCUT2D eigenvalue weighted by Gasteiger charge is -2.25. The number of hydrogen-bond donors (Lipinski definition) is 1. The predicted molar refractivity (Wildman–Crippen MR) is 99.9 cm³/mol. The molecule has 140 valence electrons. The average molecular weight is 357 g/mol. The van der Waals surface area contributed by atoms with Crippen molar-refractivity contribution in [2.24, 2.45) is 0 Å². The van der Waals surface area contributed by atoms with Crippen molar-refractivity contribution in [2.45, 2.75) is 38.8 Å². The van der Waals surface area contributed by atoms with E-state index in [4.69, 9.17) is 9.52 Å². The molecule has 1 atom stereocenters. The number of nitrogens with zero attached hydrogens (tertiary/aromatic N) is 3. The van der Waals surface area contributed by atoms with Crippen molar-refractivity contribution in [3.05, 3.63) is 41.9 Å². The fourth-order valence-corrected chi connectivity index (χ4v) is 3.51. The summed E-state index contributed by atoms with van der Waals surface area (Å²) in [4.78, 5) is 19.6. The van der Waals surface area contributed by atoms with E-state index in [0.29, 0.717) is 12.6 Å². The highest BCUT2D eigenvalue weighted by atomic mass is 16.4. The Labute approximate surface area is 154 Å².